The maximum atomic E-state index is 14.7. The molecule has 2 aromatic rings. The molecule has 3 N–H and O–H groups in total. The van der Waals surface area contributed by atoms with E-state index in [4.69, 9.17) is 15.6 Å². The summed E-state index contributed by atoms with van der Waals surface area (Å²) in [7, 11) is 1.22. The number of carbonyl (C=O) groups is 1. The first-order chi connectivity index (χ1) is 12.9. The van der Waals surface area contributed by atoms with Gasteiger partial charge < -0.3 is 15.6 Å². The number of benzene rings is 1. The van der Waals surface area contributed by atoms with Crippen LogP contribution in [0.5, 0.6) is 5.75 Å². The van der Waals surface area contributed by atoms with Crippen LogP contribution in [0.15, 0.2) is 12.1 Å². The van der Waals surface area contributed by atoms with Gasteiger partial charge in [-0.2, -0.15) is 9.65 Å². The van der Waals surface area contributed by atoms with E-state index in [0.29, 0.717) is 30.5 Å². The number of aromatic nitrogens is 1. The van der Waals surface area contributed by atoms with E-state index in [1.165, 1.54) is 19.2 Å². The van der Waals surface area contributed by atoms with Gasteiger partial charge in [0.2, 0.25) is 5.82 Å². The maximum Gasteiger partial charge on any atom is 0.303 e. The number of carboxylic acids is 1. The number of aryl methyl sites for hydroxylation is 1. The lowest BCUT2D eigenvalue weighted by Crippen LogP contribution is -2.21. The van der Waals surface area contributed by atoms with Gasteiger partial charge in [0.25, 0.3) is 0 Å². The summed E-state index contributed by atoms with van der Waals surface area (Å²) in [6.07, 6.45) is 1.30. The molecule has 0 aliphatic heterocycles. The molecule has 8 heteroatoms. The zero-order valence-corrected chi connectivity index (χ0v) is 14.6. The zero-order valence-electron chi connectivity index (χ0n) is 14.6. The number of fused-ring (bicyclic) bond motifs is 1. The fourth-order valence-electron chi connectivity index (χ4n) is 3.56. The van der Waals surface area contributed by atoms with E-state index in [9.17, 15) is 18.8 Å². The first kappa shape index (κ1) is 18.6. The molecule has 1 heterocycles. The molecule has 0 fully saturated rings. The molecule has 1 aliphatic carbocycles. The van der Waals surface area contributed by atoms with Gasteiger partial charge in [-0.3, -0.25) is 4.79 Å². The van der Waals surface area contributed by atoms with Gasteiger partial charge in [-0.05, 0) is 42.9 Å². The molecule has 0 spiro atoms. The zero-order chi connectivity index (χ0) is 19.7. The van der Waals surface area contributed by atoms with E-state index in [1.807, 2.05) is 6.07 Å². The minimum atomic E-state index is -1.17. The molecule has 27 heavy (non-hydrogen) atoms. The first-order valence-electron chi connectivity index (χ1n) is 8.32. The number of ether oxygens (including phenoxy) is 1. The summed E-state index contributed by atoms with van der Waals surface area (Å²) in [6, 6.07) is 4.52. The van der Waals surface area contributed by atoms with Crippen LogP contribution in [0.4, 0.5) is 14.6 Å². The van der Waals surface area contributed by atoms with Gasteiger partial charge >= 0.3 is 5.97 Å². The van der Waals surface area contributed by atoms with Crippen molar-refractivity contribution in [1.82, 2.24) is 4.98 Å². The van der Waals surface area contributed by atoms with E-state index in [-0.39, 0.29) is 40.6 Å². The summed E-state index contributed by atoms with van der Waals surface area (Å²) in [6.45, 7) is 0. The fourth-order valence-corrected chi connectivity index (χ4v) is 3.56. The molecule has 1 aromatic carbocycles. The van der Waals surface area contributed by atoms with Crippen LogP contribution in [0.2, 0.25) is 0 Å². The van der Waals surface area contributed by atoms with Crippen LogP contribution < -0.4 is 10.5 Å². The Hall–Kier alpha value is -3.21. The number of aliphatic carboxylic acids is 1. The van der Waals surface area contributed by atoms with Crippen molar-refractivity contribution in [2.24, 2.45) is 5.92 Å². The van der Waals surface area contributed by atoms with Gasteiger partial charge in [0.15, 0.2) is 11.6 Å². The molecule has 140 valence electrons. The number of nitriles is 1. The number of methoxy groups -OCH3 is 1. The van der Waals surface area contributed by atoms with Crippen LogP contribution in [0.1, 0.15) is 29.7 Å². The molecule has 3 rings (SSSR count). The molecule has 0 radical (unpaired) electrons. The lowest BCUT2D eigenvalue weighted by Gasteiger charge is -2.26. The van der Waals surface area contributed by atoms with E-state index in [0.717, 1.165) is 0 Å². The molecule has 1 atom stereocenters. The standard InChI is InChI=1S/C19H17F2N3O3/c1-27-14-5-3-10(17(20)18(14)21)16-11-6-9(7-15(25)26)2-4-13(11)24-19(23)12(16)8-22/h3,5,9H,2,4,6-7H2,1H3,(H2,23,24)(H,25,26). The number of halogens is 2. The number of carboxylic acid groups (broad SMARTS) is 1. The Balaban J connectivity index is 2.24. The van der Waals surface area contributed by atoms with Crippen molar-refractivity contribution in [1.29, 1.82) is 5.26 Å². The minimum Gasteiger partial charge on any atom is -0.494 e. The van der Waals surface area contributed by atoms with Crippen molar-refractivity contribution < 1.29 is 23.4 Å². The second-order valence-electron chi connectivity index (χ2n) is 6.43. The average Bonchev–Trinajstić information content (AvgIpc) is 2.63. The smallest absolute Gasteiger partial charge is 0.303 e. The Labute approximate surface area is 154 Å². The average molecular weight is 373 g/mol. The Morgan fingerprint density at radius 1 is 1.44 bits per heavy atom. The van der Waals surface area contributed by atoms with Crippen molar-refractivity contribution in [3.8, 4) is 22.9 Å². The summed E-state index contributed by atoms with van der Waals surface area (Å²) in [4.78, 5) is 15.3. The number of rotatable bonds is 4. The largest absolute Gasteiger partial charge is 0.494 e. The fraction of sp³-hybridized carbons (Fsp3) is 0.316. The summed E-state index contributed by atoms with van der Waals surface area (Å²) in [5, 5.41) is 18.6. The van der Waals surface area contributed by atoms with Crippen molar-refractivity contribution in [2.75, 3.05) is 12.8 Å². The monoisotopic (exact) mass is 373 g/mol. The molecular weight excluding hydrogens is 356 g/mol. The summed E-state index contributed by atoms with van der Waals surface area (Å²) in [5.74, 6) is -3.75. The van der Waals surface area contributed by atoms with Gasteiger partial charge in [-0.25, -0.2) is 9.37 Å². The highest BCUT2D eigenvalue weighted by Crippen LogP contribution is 2.40. The van der Waals surface area contributed by atoms with E-state index < -0.39 is 17.6 Å². The molecule has 0 saturated carbocycles. The predicted molar refractivity (Wildman–Crippen MR) is 93.0 cm³/mol. The lowest BCUT2D eigenvalue weighted by atomic mass is 9.80. The van der Waals surface area contributed by atoms with Crippen molar-refractivity contribution in [2.45, 2.75) is 25.7 Å². The van der Waals surface area contributed by atoms with Crippen molar-refractivity contribution in [3.05, 3.63) is 40.6 Å². The Kier molecular flexibility index (Phi) is 4.95. The number of anilines is 1. The van der Waals surface area contributed by atoms with Gasteiger partial charge in [-0.1, -0.05) is 0 Å². The molecule has 1 unspecified atom stereocenters. The highest BCUT2D eigenvalue weighted by molar-refractivity contribution is 5.80. The summed E-state index contributed by atoms with van der Waals surface area (Å²) < 4.78 is 33.8. The van der Waals surface area contributed by atoms with Crippen LogP contribution in [-0.4, -0.2) is 23.2 Å². The lowest BCUT2D eigenvalue weighted by molar-refractivity contribution is -0.138. The van der Waals surface area contributed by atoms with E-state index in [2.05, 4.69) is 4.98 Å². The van der Waals surface area contributed by atoms with Crippen LogP contribution in [-0.2, 0) is 17.6 Å². The molecule has 1 aliphatic rings. The molecule has 0 bridgehead atoms. The highest BCUT2D eigenvalue weighted by atomic mass is 19.2. The molecular formula is C19H17F2N3O3. The Morgan fingerprint density at radius 3 is 2.81 bits per heavy atom. The number of nitrogens with two attached hydrogens (primary N) is 1. The van der Waals surface area contributed by atoms with Gasteiger partial charge in [-0.15, -0.1) is 0 Å². The number of nitrogens with zero attached hydrogens (tertiary/aromatic N) is 2. The molecule has 0 saturated heterocycles. The second kappa shape index (κ2) is 7.19. The molecule has 1 aromatic heterocycles. The van der Waals surface area contributed by atoms with Crippen molar-refractivity contribution in [3.63, 3.8) is 0 Å². The minimum absolute atomic E-state index is 0.0480. The normalized spacial score (nSPS) is 15.7. The van der Waals surface area contributed by atoms with Crippen LogP contribution in [0.3, 0.4) is 0 Å². The van der Waals surface area contributed by atoms with E-state index in [1.54, 1.807) is 0 Å². The van der Waals surface area contributed by atoms with E-state index >= 15 is 0 Å². The Morgan fingerprint density at radius 2 is 2.19 bits per heavy atom. The third-order valence-electron chi connectivity index (χ3n) is 4.81. The number of pyridine rings is 1. The topological polar surface area (TPSA) is 109 Å². The van der Waals surface area contributed by atoms with Gasteiger partial charge in [0.1, 0.15) is 17.5 Å². The van der Waals surface area contributed by atoms with Crippen LogP contribution in [0, 0.1) is 28.9 Å². The predicted octanol–water partition coefficient (Wildman–Crippen LogP) is 3.07. The van der Waals surface area contributed by atoms with Gasteiger partial charge in [0.05, 0.1) is 7.11 Å². The first-order valence-corrected chi connectivity index (χ1v) is 8.32. The summed E-state index contributed by atoms with van der Waals surface area (Å²) >= 11 is 0. The number of nitrogen functional groups attached to an aromatic ring is 1. The number of hydrogen-bond acceptors (Lipinski definition) is 5. The van der Waals surface area contributed by atoms with Gasteiger partial charge in [0, 0.05) is 23.2 Å². The van der Waals surface area contributed by atoms with Crippen molar-refractivity contribution >= 4 is 11.8 Å². The third-order valence-corrected chi connectivity index (χ3v) is 4.81. The Bertz CT molecular complexity index is 970. The van der Waals surface area contributed by atoms with Crippen LogP contribution >= 0.6 is 0 Å². The van der Waals surface area contributed by atoms with Crippen LogP contribution in [0.25, 0.3) is 11.1 Å². The summed E-state index contributed by atoms with van der Waals surface area (Å²) in [5.41, 5.74) is 7.02. The highest BCUT2D eigenvalue weighted by Gasteiger charge is 2.29. The quantitative estimate of drug-likeness (QED) is 0.852. The third kappa shape index (κ3) is 3.28. The molecule has 0 amide bonds. The number of hydrogen-bond donors (Lipinski definition) is 2. The maximum absolute atomic E-state index is 14.7. The second-order valence-corrected chi connectivity index (χ2v) is 6.43. The SMILES string of the molecule is COc1ccc(-c2c(C#N)c(N)nc3c2CC(CC(=O)O)CC3)c(F)c1F. The molecule has 6 nitrogen and oxygen atoms in total.